The van der Waals surface area contributed by atoms with E-state index in [2.05, 4.69) is 32.2 Å². The summed E-state index contributed by atoms with van der Waals surface area (Å²) in [6, 6.07) is 14.2. The van der Waals surface area contributed by atoms with Crippen molar-refractivity contribution in [2.75, 3.05) is 0 Å². The summed E-state index contributed by atoms with van der Waals surface area (Å²) in [6.45, 7) is 0. The van der Waals surface area contributed by atoms with Crippen molar-refractivity contribution in [3.8, 4) is 11.3 Å². The Morgan fingerprint density at radius 2 is 1.88 bits per heavy atom. The van der Waals surface area contributed by atoms with Gasteiger partial charge in [0, 0.05) is 22.6 Å². The van der Waals surface area contributed by atoms with Crippen molar-refractivity contribution in [2.45, 2.75) is 18.3 Å². The van der Waals surface area contributed by atoms with Crippen molar-refractivity contribution < 1.29 is 14.3 Å². The van der Waals surface area contributed by atoms with Gasteiger partial charge >= 0.3 is 5.97 Å². The summed E-state index contributed by atoms with van der Waals surface area (Å²) in [5.41, 5.74) is 3.33. The first-order chi connectivity index (χ1) is 15.5. The summed E-state index contributed by atoms with van der Waals surface area (Å²) in [4.78, 5) is 24.3. The summed E-state index contributed by atoms with van der Waals surface area (Å²) in [5, 5.41) is 14.8. The van der Waals surface area contributed by atoms with Crippen molar-refractivity contribution in [3.05, 3.63) is 89.8 Å². The molecule has 0 aliphatic heterocycles. The Bertz CT molecular complexity index is 1540. The molecule has 1 N–H and O–H groups in total. The van der Waals surface area contributed by atoms with Crippen molar-refractivity contribution in [1.29, 1.82) is 0 Å². The van der Waals surface area contributed by atoms with Crippen molar-refractivity contribution >= 4 is 22.6 Å². The maximum atomic E-state index is 14.2. The van der Waals surface area contributed by atoms with E-state index >= 15 is 0 Å². The maximum absolute atomic E-state index is 14.2. The number of halogens is 1. The minimum atomic E-state index is -1.31. The summed E-state index contributed by atoms with van der Waals surface area (Å²) < 4.78 is 15.9. The minimum absolute atomic E-state index is 0.213. The van der Waals surface area contributed by atoms with Gasteiger partial charge in [0.2, 0.25) is 0 Å². The molecule has 32 heavy (non-hydrogen) atoms. The number of pyridine rings is 1. The molecule has 3 heterocycles. The van der Waals surface area contributed by atoms with E-state index in [1.165, 1.54) is 30.0 Å². The fraction of sp³-hybridized carbons (Fsp3) is 0.125. The minimum Gasteiger partial charge on any atom is -0.478 e. The van der Waals surface area contributed by atoms with E-state index in [-0.39, 0.29) is 11.0 Å². The van der Waals surface area contributed by atoms with E-state index in [0.717, 1.165) is 29.4 Å². The molecule has 0 amide bonds. The molecule has 0 atom stereocenters. The van der Waals surface area contributed by atoms with Gasteiger partial charge in [-0.05, 0) is 48.7 Å². The number of imidazole rings is 1. The van der Waals surface area contributed by atoms with Crippen LogP contribution in [0, 0.1) is 5.82 Å². The Hall–Kier alpha value is -4.20. The highest BCUT2D eigenvalue weighted by molar-refractivity contribution is 5.88. The molecule has 1 saturated carbocycles. The van der Waals surface area contributed by atoms with Gasteiger partial charge in [0.05, 0.1) is 29.2 Å². The first-order valence-electron chi connectivity index (χ1n) is 10.1. The van der Waals surface area contributed by atoms with Crippen LogP contribution in [-0.4, -0.2) is 35.6 Å². The number of rotatable bonds is 4. The van der Waals surface area contributed by atoms with Crippen LogP contribution in [-0.2, 0) is 5.41 Å². The van der Waals surface area contributed by atoms with Crippen molar-refractivity contribution in [2.24, 2.45) is 0 Å². The van der Waals surface area contributed by atoms with Gasteiger partial charge in [0.1, 0.15) is 11.5 Å². The van der Waals surface area contributed by atoms with Gasteiger partial charge in [-0.1, -0.05) is 18.2 Å². The zero-order chi connectivity index (χ0) is 21.9. The molecule has 8 heteroatoms. The molecule has 2 aromatic carbocycles. The molecule has 5 aromatic rings. The molecule has 0 unspecified atom stereocenters. The maximum Gasteiger partial charge on any atom is 0.338 e. The van der Waals surface area contributed by atoms with Crippen LogP contribution in [0.1, 0.15) is 34.5 Å². The number of nitrogens with zero attached hydrogens (tertiary/aromatic N) is 5. The van der Waals surface area contributed by atoms with Crippen LogP contribution in [0.15, 0.2) is 67.1 Å². The first kappa shape index (κ1) is 18.6. The fourth-order valence-corrected chi connectivity index (χ4v) is 4.27. The molecule has 1 fully saturated rings. The molecular weight excluding hydrogens is 409 g/mol. The monoisotopic (exact) mass is 425 g/mol. The predicted molar refractivity (Wildman–Crippen MR) is 115 cm³/mol. The SMILES string of the molecule is O=C(O)c1ccc(-c2cnc3ncc(C4(c5ccc6ncccc6c5)CC4)n3n2)cc1F. The van der Waals surface area contributed by atoms with Crippen molar-refractivity contribution in [1.82, 2.24) is 24.6 Å². The molecule has 0 spiro atoms. The van der Waals surface area contributed by atoms with Gasteiger partial charge in [-0.25, -0.2) is 19.2 Å². The Kier molecular flexibility index (Phi) is 3.86. The highest BCUT2D eigenvalue weighted by Crippen LogP contribution is 2.53. The van der Waals surface area contributed by atoms with Crippen LogP contribution in [0.4, 0.5) is 4.39 Å². The lowest BCUT2D eigenvalue weighted by molar-refractivity contribution is 0.0692. The molecular formula is C24H16FN5O2. The molecule has 0 bridgehead atoms. The standard InChI is InChI=1S/C24H16FN5O2/c25-18-11-15(3-5-17(18)22(31)32)20-12-27-23-28-13-21(30(23)29-20)24(7-8-24)16-4-6-19-14(10-16)2-1-9-26-19/h1-6,9-13H,7-8H2,(H,31,32). The van der Waals surface area contributed by atoms with Crippen LogP contribution < -0.4 is 0 Å². The van der Waals surface area contributed by atoms with Gasteiger partial charge in [-0.15, -0.1) is 0 Å². The molecule has 6 rings (SSSR count). The molecule has 1 aliphatic carbocycles. The Morgan fingerprint density at radius 1 is 1.03 bits per heavy atom. The number of hydrogen-bond acceptors (Lipinski definition) is 5. The Balaban J connectivity index is 1.46. The van der Waals surface area contributed by atoms with E-state index in [9.17, 15) is 9.18 Å². The summed E-state index contributed by atoms with van der Waals surface area (Å²) in [6.07, 6.45) is 7.01. The highest BCUT2D eigenvalue weighted by Gasteiger charge is 2.48. The van der Waals surface area contributed by atoms with Crippen LogP contribution in [0.25, 0.3) is 27.9 Å². The second-order valence-corrected chi connectivity index (χ2v) is 7.99. The van der Waals surface area contributed by atoms with Gasteiger partial charge < -0.3 is 5.11 Å². The summed E-state index contributed by atoms with van der Waals surface area (Å²) in [7, 11) is 0. The summed E-state index contributed by atoms with van der Waals surface area (Å²) in [5.74, 6) is -1.67. The number of carbonyl (C=O) groups is 1. The van der Waals surface area contributed by atoms with Gasteiger partial charge in [-0.2, -0.15) is 9.61 Å². The molecule has 3 aromatic heterocycles. The zero-order valence-electron chi connectivity index (χ0n) is 16.7. The van der Waals surface area contributed by atoms with Crippen LogP contribution in [0.2, 0.25) is 0 Å². The summed E-state index contributed by atoms with van der Waals surface area (Å²) >= 11 is 0. The normalized spacial score (nSPS) is 14.7. The lowest BCUT2D eigenvalue weighted by Gasteiger charge is -2.16. The number of carboxylic acids is 1. The topological polar surface area (TPSA) is 93.3 Å². The van der Waals surface area contributed by atoms with E-state index in [0.29, 0.717) is 17.0 Å². The zero-order valence-corrected chi connectivity index (χ0v) is 16.7. The molecule has 0 saturated heterocycles. The van der Waals surface area contributed by atoms with Gasteiger partial charge in [0.25, 0.3) is 5.78 Å². The number of aromatic carboxylic acids is 1. The van der Waals surface area contributed by atoms with E-state index < -0.39 is 11.8 Å². The van der Waals surface area contributed by atoms with Gasteiger partial charge in [-0.3, -0.25) is 4.98 Å². The average molecular weight is 425 g/mol. The van der Waals surface area contributed by atoms with Crippen LogP contribution >= 0.6 is 0 Å². The second-order valence-electron chi connectivity index (χ2n) is 7.99. The second kappa shape index (κ2) is 6.65. The predicted octanol–water partition coefficient (Wildman–Crippen LogP) is 4.26. The van der Waals surface area contributed by atoms with Crippen LogP contribution in [0.3, 0.4) is 0 Å². The van der Waals surface area contributed by atoms with Gasteiger partial charge in [0.15, 0.2) is 0 Å². The third kappa shape index (κ3) is 2.76. The van der Waals surface area contributed by atoms with Crippen molar-refractivity contribution in [3.63, 3.8) is 0 Å². The molecule has 0 radical (unpaired) electrons. The number of fused-ring (bicyclic) bond motifs is 2. The van der Waals surface area contributed by atoms with E-state index in [1.807, 2.05) is 18.2 Å². The smallest absolute Gasteiger partial charge is 0.338 e. The lowest BCUT2D eigenvalue weighted by atomic mass is 9.91. The third-order valence-corrected chi connectivity index (χ3v) is 6.12. The largest absolute Gasteiger partial charge is 0.478 e. The molecule has 1 aliphatic rings. The molecule has 7 nitrogen and oxygen atoms in total. The number of hydrogen-bond donors (Lipinski definition) is 1. The fourth-order valence-electron chi connectivity index (χ4n) is 4.27. The quantitative estimate of drug-likeness (QED) is 0.463. The van der Waals surface area contributed by atoms with E-state index in [1.54, 1.807) is 16.9 Å². The lowest BCUT2D eigenvalue weighted by Crippen LogP contribution is -2.14. The number of aromatic nitrogens is 5. The number of benzene rings is 2. The molecule has 156 valence electrons. The van der Waals surface area contributed by atoms with Crippen LogP contribution in [0.5, 0.6) is 0 Å². The Morgan fingerprint density at radius 3 is 2.66 bits per heavy atom. The first-order valence-corrected chi connectivity index (χ1v) is 10.1. The average Bonchev–Trinajstić information content (AvgIpc) is 3.50. The third-order valence-electron chi connectivity index (χ3n) is 6.12. The number of carboxylic acid groups (broad SMARTS) is 1. The van der Waals surface area contributed by atoms with E-state index in [4.69, 9.17) is 5.11 Å². The Labute approximate surface area is 181 Å². The highest BCUT2D eigenvalue weighted by atomic mass is 19.1.